The minimum atomic E-state index is -0.614. The molecule has 0 spiro atoms. The van der Waals surface area contributed by atoms with Gasteiger partial charge in [-0.05, 0) is 38.5 Å². The molecule has 1 N–H and O–H groups in total. The largest absolute Gasteiger partial charge is 0.390 e. The number of carbonyl (C=O) groups excluding carboxylic acids is 1. The van der Waals surface area contributed by atoms with Gasteiger partial charge in [-0.25, -0.2) is 0 Å². The van der Waals surface area contributed by atoms with Crippen molar-refractivity contribution in [1.82, 2.24) is 4.90 Å². The fourth-order valence-electron chi connectivity index (χ4n) is 2.67. The van der Waals surface area contributed by atoms with Crippen LogP contribution in [0.15, 0.2) is 0 Å². The highest BCUT2D eigenvalue weighted by molar-refractivity contribution is 5.81. The second kappa shape index (κ2) is 4.94. The Kier molecular flexibility index (Phi) is 3.73. The number of ether oxygens (including phenoxy) is 1. The number of carbonyl (C=O) groups is 1. The molecule has 2 aliphatic rings. The average molecular weight is 241 g/mol. The van der Waals surface area contributed by atoms with Gasteiger partial charge in [-0.1, -0.05) is 6.92 Å². The zero-order valence-corrected chi connectivity index (χ0v) is 10.8. The van der Waals surface area contributed by atoms with E-state index in [1.54, 1.807) is 0 Å². The molecule has 3 atom stereocenters. The van der Waals surface area contributed by atoms with E-state index in [-0.39, 0.29) is 12.0 Å². The summed E-state index contributed by atoms with van der Waals surface area (Å²) in [6, 6.07) is 0. The lowest BCUT2D eigenvalue weighted by atomic mass is 9.98. The molecular formula is C13H23NO3. The summed E-state index contributed by atoms with van der Waals surface area (Å²) in [4.78, 5) is 14.2. The molecule has 2 saturated heterocycles. The second-order valence-corrected chi connectivity index (χ2v) is 5.73. The fraction of sp³-hybridized carbons (Fsp3) is 0.923. The Balaban J connectivity index is 1.95. The van der Waals surface area contributed by atoms with Gasteiger partial charge in [-0.15, -0.1) is 0 Å². The molecule has 98 valence electrons. The first kappa shape index (κ1) is 12.8. The monoisotopic (exact) mass is 241 g/mol. The van der Waals surface area contributed by atoms with Crippen LogP contribution in [0, 0.1) is 5.92 Å². The average Bonchev–Trinajstić information content (AvgIpc) is 2.59. The van der Waals surface area contributed by atoms with Crippen molar-refractivity contribution in [3.8, 4) is 0 Å². The molecule has 2 aliphatic heterocycles. The number of hydrogen-bond donors (Lipinski definition) is 1. The van der Waals surface area contributed by atoms with Crippen molar-refractivity contribution in [2.24, 2.45) is 5.92 Å². The van der Waals surface area contributed by atoms with Crippen molar-refractivity contribution >= 4 is 5.91 Å². The van der Waals surface area contributed by atoms with Crippen molar-refractivity contribution in [3.05, 3.63) is 0 Å². The Morgan fingerprint density at radius 3 is 2.82 bits per heavy atom. The maximum absolute atomic E-state index is 12.3. The number of amides is 1. The number of aliphatic hydroxyl groups is 1. The topological polar surface area (TPSA) is 49.8 Å². The molecule has 0 aliphatic carbocycles. The van der Waals surface area contributed by atoms with Crippen LogP contribution in [0.1, 0.15) is 39.5 Å². The van der Waals surface area contributed by atoms with E-state index in [2.05, 4.69) is 6.92 Å². The maximum Gasteiger partial charge on any atom is 0.251 e. The predicted octanol–water partition coefficient (Wildman–Crippen LogP) is 1.17. The molecule has 2 rings (SSSR count). The summed E-state index contributed by atoms with van der Waals surface area (Å²) in [7, 11) is 0. The first-order valence-corrected chi connectivity index (χ1v) is 6.62. The molecular weight excluding hydrogens is 218 g/mol. The Hall–Kier alpha value is -0.610. The van der Waals surface area contributed by atoms with Crippen molar-refractivity contribution in [2.45, 2.75) is 51.2 Å². The fourth-order valence-corrected chi connectivity index (χ4v) is 2.67. The standard InChI is InChI=1S/C13H23NO3/c1-10-4-9-17-11(10)12(15)14-7-3-5-13(2,16)6-8-14/h10-11,16H,3-9H2,1-2H3. The van der Waals surface area contributed by atoms with Gasteiger partial charge in [0.1, 0.15) is 6.10 Å². The molecule has 1 amide bonds. The zero-order valence-electron chi connectivity index (χ0n) is 10.8. The van der Waals surface area contributed by atoms with Crippen LogP contribution >= 0.6 is 0 Å². The Morgan fingerprint density at radius 2 is 2.18 bits per heavy atom. The summed E-state index contributed by atoms with van der Waals surface area (Å²) < 4.78 is 5.52. The van der Waals surface area contributed by atoms with Gasteiger partial charge < -0.3 is 14.7 Å². The van der Waals surface area contributed by atoms with Gasteiger partial charge in [0, 0.05) is 19.7 Å². The first-order chi connectivity index (χ1) is 7.99. The van der Waals surface area contributed by atoms with E-state index in [0.29, 0.717) is 25.5 Å². The molecule has 0 saturated carbocycles. The quantitative estimate of drug-likeness (QED) is 0.750. The van der Waals surface area contributed by atoms with Crippen molar-refractivity contribution < 1.29 is 14.6 Å². The molecule has 0 aromatic carbocycles. The third-order valence-corrected chi connectivity index (χ3v) is 4.01. The van der Waals surface area contributed by atoms with Crippen molar-refractivity contribution in [3.63, 3.8) is 0 Å². The molecule has 4 nitrogen and oxygen atoms in total. The van der Waals surface area contributed by atoms with E-state index in [4.69, 9.17) is 4.74 Å². The molecule has 3 unspecified atom stereocenters. The number of rotatable bonds is 1. The van der Waals surface area contributed by atoms with Crippen LogP contribution in [0.2, 0.25) is 0 Å². The van der Waals surface area contributed by atoms with Crippen LogP contribution in [0.3, 0.4) is 0 Å². The van der Waals surface area contributed by atoms with E-state index in [1.165, 1.54) is 0 Å². The van der Waals surface area contributed by atoms with Gasteiger partial charge in [0.25, 0.3) is 5.91 Å². The van der Waals surface area contributed by atoms with Gasteiger partial charge in [0.15, 0.2) is 0 Å². The van der Waals surface area contributed by atoms with Crippen LogP contribution in [0.4, 0.5) is 0 Å². The van der Waals surface area contributed by atoms with Gasteiger partial charge >= 0.3 is 0 Å². The van der Waals surface area contributed by atoms with E-state index >= 15 is 0 Å². The molecule has 0 bridgehead atoms. The minimum Gasteiger partial charge on any atom is -0.390 e. The molecule has 17 heavy (non-hydrogen) atoms. The van der Waals surface area contributed by atoms with E-state index < -0.39 is 5.60 Å². The summed E-state index contributed by atoms with van der Waals surface area (Å²) in [5, 5.41) is 10.0. The highest BCUT2D eigenvalue weighted by Gasteiger charge is 2.35. The maximum atomic E-state index is 12.3. The summed E-state index contributed by atoms with van der Waals surface area (Å²) in [6.45, 7) is 6.03. The number of nitrogens with zero attached hydrogens (tertiary/aromatic N) is 1. The van der Waals surface area contributed by atoms with Gasteiger partial charge in [-0.2, -0.15) is 0 Å². The van der Waals surface area contributed by atoms with E-state index in [1.807, 2.05) is 11.8 Å². The molecule has 0 aromatic heterocycles. The SMILES string of the molecule is CC1CCOC1C(=O)N1CCCC(C)(O)CC1. The van der Waals surface area contributed by atoms with Crippen LogP contribution in [0.25, 0.3) is 0 Å². The van der Waals surface area contributed by atoms with E-state index in [0.717, 1.165) is 25.8 Å². The van der Waals surface area contributed by atoms with Crippen LogP contribution in [-0.2, 0) is 9.53 Å². The van der Waals surface area contributed by atoms with Crippen LogP contribution in [0.5, 0.6) is 0 Å². The first-order valence-electron chi connectivity index (χ1n) is 6.62. The highest BCUT2D eigenvalue weighted by atomic mass is 16.5. The summed E-state index contributed by atoms with van der Waals surface area (Å²) >= 11 is 0. The van der Waals surface area contributed by atoms with Gasteiger partial charge in [0.05, 0.1) is 5.60 Å². The van der Waals surface area contributed by atoms with Gasteiger partial charge in [-0.3, -0.25) is 4.79 Å². The number of likely N-dealkylation sites (tertiary alicyclic amines) is 1. The van der Waals surface area contributed by atoms with Crippen molar-refractivity contribution in [1.29, 1.82) is 0 Å². The molecule has 2 fully saturated rings. The minimum absolute atomic E-state index is 0.118. The smallest absolute Gasteiger partial charge is 0.251 e. The zero-order chi connectivity index (χ0) is 12.5. The molecule has 0 radical (unpaired) electrons. The van der Waals surface area contributed by atoms with E-state index in [9.17, 15) is 9.90 Å². The highest BCUT2D eigenvalue weighted by Crippen LogP contribution is 2.25. The third kappa shape index (κ3) is 2.99. The van der Waals surface area contributed by atoms with Crippen LogP contribution < -0.4 is 0 Å². The second-order valence-electron chi connectivity index (χ2n) is 5.73. The third-order valence-electron chi connectivity index (χ3n) is 4.01. The normalized spacial score (nSPS) is 39.1. The van der Waals surface area contributed by atoms with Crippen molar-refractivity contribution in [2.75, 3.05) is 19.7 Å². The molecule has 0 aromatic rings. The number of hydrogen-bond acceptors (Lipinski definition) is 3. The Bertz CT molecular complexity index is 290. The lowest BCUT2D eigenvalue weighted by Gasteiger charge is -2.26. The summed E-state index contributed by atoms with van der Waals surface area (Å²) in [5.41, 5.74) is -0.614. The summed E-state index contributed by atoms with van der Waals surface area (Å²) in [5.74, 6) is 0.443. The molecule has 4 heteroatoms. The van der Waals surface area contributed by atoms with Crippen LogP contribution in [-0.4, -0.2) is 47.3 Å². The predicted molar refractivity (Wildman–Crippen MR) is 64.6 cm³/mol. The molecule has 2 heterocycles. The Morgan fingerprint density at radius 1 is 1.41 bits per heavy atom. The Labute approximate surface area is 103 Å². The lowest BCUT2D eigenvalue weighted by molar-refractivity contribution is -0.142. The lowest BCUT2D eigenvalue weighted by Crippen LogP contribution is -2.42. The van der Waals surface area contributed by atoms with Gasteiger partial charge in [0.2, 0.25) is 0 Å². The summed E-state index contributed by atoms with van der Waals surface area (Å²) in [6.07, 6.45) is 3.04.